The maximum atomic E-state index is 13.3. The molecular formula is C38H39NO8. The predicted molar refractivity (Wildman–Crippen MR) is 173 cm³/mol. The lowest BCUT2D eigenvalue weighted by molar-refractivity contribution is -0.351. The van der Waals surface area contributed by atoms with Gasteiger partial charge in [-0.2, -0.15) is 0 Å². The highest BCUT2D eigenvalue weighted by atomic mass is 16.8. The van der Waals surface area contributed by atoms with Crippen LogP contribution in [0.1, 0.15) is 40.3 Å². The summed E-state index contributed by atoms with van der Waals surface area (Å²) in [5.74, 6) is -0.780. The van der Waals surface area contributed by atoms with Gasteiger partial charge in [-0.15, -0.1) is 0 Å². The summed E-state index contributed by atoms with van der Waals surface area (Å²) in [5.41, 5.74) is 3.16. The van der Waals surface area contributed by atoms with Gasteiger partial charge in [-0.05, 0) is 23.3 Å². The molecule has 4 aromatic carbocycles. The number of amides is 1. The Morgan fingerprint density at radius 2 is 1.40 bits per heavy atom. The van der Waals surface area contributed by atoms with Crippen LogP contribution in [0.2, 0.25) is 0 Å². The number of hydrogen-bond acceptors (Lipinski definition) is 8. The number of nitrogens with zero attached hydrogens (tertiary/aromatic N) is 1. The van der Waals surface area contributed by atoms with E-state index in [0.29, 0.717) is 12.1 Å². The molecule has 4 aromatic rings. The Hall–Kier alpha value is -4.54. The Bertz CT molecular complexity index is 1560. The molecule has 2 saturated heterocycles. The third-order valence-corrected chi connectivity index (χ3v) is 8.32. The third kappa shape index (κ3) is 8.44. The second-order valence-corrected chi connectivity index (χ2v) is 11.6. The van der Waals surface area contributed by atoms with Crippen LogP contribution in [-0.2, 0) is 41.6 Å². The van der Waals surface area contributed by atoms with Crippen molar-refractivity contribution in [3.8, 4) is 0 Å². The van der Waals surface area contributed by atoms with Crippen LogP contribution in [0.15, 0.2) is 121 Å². The Labute approximate surface area is 274 Å². The smallest absolute Gasteiger partial charge is 0.410 e. The first-order valence-corrected chi connectivity index (χ1v) is 15.9. The fourth-order valence-electron chi connectivity index (χ4n) is 5.79. The van der Waals surface area contributed by atoms with Crippen molar-refractivity contribution >= 4 is 12.1 Å². The van der Waals surface area contributed by atoms with E-state index >= 15 is 0 Å². The standard InChI is InChI=1S/C38H39NO8/c1-27-33-32(26-43-36(47-33)31-20-12-5-13-21-31)45-37(34(27)46-35(40)30-18-10-4-11-19-30)42-23-22-39(24-28-14-6-2-7-15-28)38(41)44-25-29-16-8-3-9-17-29/h2-21,27,32-34,36-37H,22-26H2,1H3. The monoisotopic (exact) mass is 637 g/mol. The third-order valence-electron chi connectivity index (χ3n) is 8.32. The maximum absolute atomic E-state index is 13.3. The van der Waals surface area contributed by atoms with E-state index in [0.717, 1.165) is 16.7 Å². The Morgan fingerprint density at radius 3 is 2.09 bits per heavy atom. The Balaban J connectivity index is 1.15. The number of carbonyl (C=O) groups is 2. The van der Waals surface area contributed by atoms with Crippen molar-refractivity contribution in [2.75, 3.05) is 19.8 Å². The molecule has 6 atom stereocenters. The lowest BCUT2D eigenvalue weighted by Gasteiger charge is -2.48. The molecule has 0 bridgehead atoms. The molecule has 6 rings (SSSR count). The summed E-state index contributed by atoms with van der Waals surface area (Å²) in [6.45, 7) is 3.05. The van der Waals surface area contributed by atoms with Crippen LogP contribution in [-0.4, -0.2) is 61.3 Å². The number of hydrogen-bond donors (Lipinski definition) is 0. The highest BCUT2D eigenvalue weighted by molar-refractivity contribution is 5.89. The molecule has 2 aliphatic rings. The summed E-state index contributed by atoms with van der Waals surface area (Å²) in [6.07, 6.45) is -3.60. The highest BCUT2D eigenvalue weighted by Crippen LogP contribution is 2.38. The van der Waals surface area contributed by atoms with Crippen molar-refractivity contribution in [2.45, 2.75) is 51.0 Å². The average molecular weight is 638 g/mol. The molecule has 0 saturated carbocycles. The van der Waals surface area contributed by atoms with Crippen molar-refractivity contribution in [3.63, 3.8) is 0 Å². The molecule has 0 aromatic heterocycles. The van der Waals surface area contributed by atoms with Gasteiger partial charge in [0.25, 0.3) is 0 Å². The molecule has 2 aliphatic heterocycles. The molecule has 0 aliphatic carbocycles. The zero-order valence-corrected chi connectivity index (χ0v) is 26.3. The van der Waals surface area contributed by atoms with E-state index in [1.54, 1.807) is 29.2 Å². The summed E-state index contributed by atoms with van der Waals surface area (Å²) >= 11 is 0. The molecule has 47 heavy (non-hydrogen) atoms. The average Bonchev–Trinajstić information content (AvgIpc) is 3.13. The topological polar surface area (TPSA) is 92.8 Å². The van der Waals surface area contributed by atoms with Gasteiger partial charge in [0.05, 0.1) is 24.9 Å². The summed E-state index contributed by atoms with van der Waals surface area (Å²) in [5, 5.41) is 0. The molecule has 0 radical (unpaired) electrons. The number of rotatable bonds is 11. The lowest BCUT2D eigenvalue weighted by Crippen LogP contribution is -2.59. The van der Waals surface area contributed by atoms with Crippen molar-refractivity contribution < 1.29 is 38.0 Å². The predicted octanol–water partition coefficient (Wildman–Crippen LogP) is 6.54. The number of ether oxygens (including phenoxy) is 6. The number of benzene rings is 4. The van der Waals surface area contributed by atoms with Crippen molar-refractivity contribution in [2.24, 2.45) is 5.92 Å². The van der Waals surface area contributed by atoms with Gasteiger partial charge in [-0.25, -0.2) is 9.59 Å². The van der Waals surface area contributed by atoms with Gasteiger partial charge in [-0.1, -0.05) is 116 Å². The van der Waals surface area contributed by atoms with Crippen LogP contribution < -0.4 is 0 Å². The van der Waals surface area contributed by atoms with E-state index in [4.69, 9.17) is 28.4 Å². The minimum absolute atomic E-state index is 0.107. The lowest BCUT2D eigenvalue weighted by atomic mass is 9.89. The van der Waals surface area contributed by atoms with Gasteiger partial charge >= 0.3 is 12.1 Å². The SMILES string of the molecule is CC1C2OC(c3ccccc3)OCC2OC(OCCN(Cc2ccccc2)C(=O)OCc2ccccc2)C1OC(=O)c1ccccc1. The normalized spacial score (nSPS) is 23.7. The summed E-state index contributed by atoms with van der Waals surface area (Å²) < 4.78 is 36.8. The summed E-state index contributed by atoms with van der Waals surface area (Å²) in [6, 6.07) is 37.7. The fourth-order valence-corrected chi connectivity index (χ4v) is 5.79. The van der Waals surface area contributed by atoms with Gasteiger partial charge in [0.1, 0.15) is 12.7 Å². The first-order valence-electron chi connectivity index (χ1n) is 15.9. The Morgan fingerprint density at radius 1 is 0.787 bits per heavy atom. The van der Waals surface area contributed by atoms with Crippen molar-refractivity contribution in [3.05, 3.63) is 144 Å². The van der Waals surface area contributed by atoms with Crippen molar-refractivity contribution in [1.82, 2.24) is 4.90 Å². The van der Waals surface area contributed by atoms with Crippen LogP contribution in [0.5, 0.6) is 0 Å². The van der Waals surface area contributed by atoms with E-state index in [1.165, 1.54) is 0 Å². The van der Waals surface area contributed by atoms with Gasteiger partial charge in [0, 0.05) is 24.6 Å². The molecule has 0 N–H and O–H groups in total. The van der Waals surface area contributed by atoms with Gasteiger partial charge in [0.2, 0.25) is 0 Å². The largest absolute Gasteiger partial charge is 0.453 e. The first-order chi connectivity index (χ1) is 23.0. The molecule has 2 heterocycles. The van der Waals surface area contributed by atoms with E-state index in [2.05, 4.69) is 0 Å². The molecule has 2 fully saturated rings. The number of carbonyl (C=O) groups excluding carboxylic acids is 2. The molecule has 0 spiro atoms. The quantitative estimate of drug-likeness (QED) is 0.171. The molecule has 1 amide bonds. The van der Waals surface area contributed by atoms with Crippen molar-refractivity contribution in [1.29, 1.82) is 0 Å². The zero-order valence-electron chi connectivity index (χ0n) is 26.3. The van der Waals surface area contributed by atoms with Gasteiger partial charge in [0.15, 0.2) is 18.7 Å². The maximum Gasteiger partial charge on any atom is 0.410 e. The van der Waals surface area contributed by atoms with Crippen LogP contribution in [0.3, 0.4) is 0 Å². The van der Waals surface area contributed by atoms with Crippen LogP contribution in [0.25, 0.3) is 0 Å². The van der Waals surface area contributed by atoms with E-state index in [9.17, 15) is 9.59 Å². The minimum Gasteiger partial charge on any atom is -0.453 e. The van der Waals surface area contributed by atoms with E-state index in [-0.39, 0.29) is 32.3 Å². The summed E-state index contributed by atoms with van der Waals surface area (Å²) in [4.78, 5) is 28.1. The zero-order chi connectivity index (χ0) is 32.4. The minimum atomic E-state index is -0.918. The van der Waals surface area contributed by atoms with Crippen LogP contribution in [0, 0.1) is 5.92 Å². The fraction of sp³-hybridized carbons (Fsp3) is 0.316. The second-order valence-electron chi connectivity index (χ2n) is 11.6. The van der Waals surface area contributed by atoms with Gasteiger partial charge < -0.3 is 33.3 Å². The number of fused-ring (bicyclic) bond motifs is 1. The number of esters is 1. The van der Waals surface area contributed by atoms with E-state index < -0.39 is 43.0 Å². The highest BCUT2D eigenvalue weighted by Gasteiger charge is 2.50. The summed E-state index contributed by atoms with van der Waals surface area (Å²) in [7, 11) is 0. The van der Waals surface area contributed by atoms with Gasteiger partial charge in [-0.3, -0.25) is 0 Å². The first kappa shape index (κ1) is 32.4. The van der Waals surface area contributed by atoms with Crippen LogP contribution in [0.4, 0.5) is 4.79 Å². The van der Waals surface area contributed by atoms with E-state index in [1.807, 2.05) is 104 Å². The molecule has 9 nitrogen and oxygen atoms in total. The Kier molecular flexibility index (Phi) is 10.9. The molecule has 244 valence electrons. The molecule has 6 unspecified atom stereocenters. The molecular weight excluding hydrogens is 598 g/mol. The second kappa shape index (κ2) is 15.8. The molecule has 9 heteroatoms. The van der Waals surface area contributed by atoms with Crippen LogP contribution >= 0.6 is 0 Å².